The fourth-order valence-electron chi connectivity index (χ4n) is 3.53. The van der Waals surface area contributed by atoms with E-state index in [4.69, 9.17) is 0 Å². The summed E-state index contributed by atoms with van der Waals surface area (Å²) in [6.07, 6.45) is 9.15. The SMILES string of the molecule is O=C1OC(=O)C2CCC=CC12.O=C1OC(=O)C2CCCCC12. The van der Waals surface area contributed by atoms with Gasteiger partial charge >= 0.3 is 23.9 Å². The predicted octanol–water partition coefficient (Wildman–Crippen LogP) is 1.53. The molecular formula is C16H18O6. The molecule has 3 fully saturated rings. The summed E-state index contributed by atoms with van der Waals surface area (Å²) in [4.78, 5) is 43.8. The first-order chi connectivity index (χ1) is 10.6. The smallest absolute Gasteiger partial charge is 0.321 e. The third-order valence-corrected chi connectivity index (χ3v) is 4.77. The standard InChI is InChI=1S/C8H10O3.C8H8O3/c2*9-7-5-3-1-2-4-6(5)8(10)11-7/h5-6H,1-4H2;1,3,5-6H,2,4H2. The van der Waals surface area contributed by atoms with Gasteiger partial charge in [-0.25, -0.2) is 0 Å². The minimum atomic E-state index is -0.379. The summed E-state index contributed by atoms with van der Waals surface area (Å²) < 4.78 is 9.01. The van der Waals surface area contributed by atoms with Gasteiger partial charge in [-0.15, -0.1) is 0 Å². The molecule has 22 heavy (non-hydrogen) atoms. The molecule has 0 amide bonds. The van der Waals surface area contributed by atoms with Gasteiger partial charge in [-0.3, -0.25) is 19.2 Å². The first kappa shape index (κ1) is 14.9. The van der Waals surface area contributed by atoms with Crippen LogP contribution in [0.25, 0.3) is 0 Å². The van der Waals surface area contributed by atoms with E-state index < -0.39 is 0 Å². The van der Waals surface area contributed by atoms with E-state index in [1.807, 2.05) is 6.08 Å². The molecule has 0 aromatic carbocycles. The monoisotopic (exact) mass is 306 g/mol. The summed E-state index contributed by atoms with van der Waals surface area (Å²) in [5, 5.41) is 0. The van der Waals surface area contributed by atoms with Crippen molar-refractivity contribution in [3.63, 3.8) is 0 Å². The van der Waals surface area contributed by atoms with E-state index in [-0.39, 0.29) is 47.5 Å². The molecule has 1 saturated carbocycles. The molecule has 6 nitrogen and oxygen atoms in total. The van der Waals surface area contributed by atoms with Gasteiger partial charge in [-0.05, 0) is 25.7 Å². The molecule has 0 spiro atoms. The summed E-state index contributed by atoms with van der Waals surface area (Å²) in [6, 6.07) is 0. The number of fused-ring (bicyclic) bond motifs is 2. The number of hydrogen-bond donors (Lipinski definition) is 0. The number of hydrogen-bond acceptors (Lipinski definition) is 6. The molecule has 0 aromatic heterocycles. The van der Waals surface area contributed by atoms with Gasteiger partial charge < -0.3 is 9.47 Å². The second kappa shape index (κ2) is 6.02. The Morgan fingerprint density at radius 3 is 1.86 bits per heavy atom. The molecular weight excluding hydrogens is 288 g/mol. The van der Waals surface area contributed by atoms with Crippen LogP contribution in [0, 0.1) is 23.7 Å². The molecule has 2 aliphatic heterocycles. The van der Waals surface area contributed by atoms with Crippen LogP contribution < -0.4 is 0 Å². The quantitative estimate of drug-likeness (QED) is 0.383. The highest BCUT2D eigenvalue weighted by molar-refractivity contribution is 5.97. The molecule has 4 aliphatic rings. The highest BCUT2D eigenvalue weighted by Gasteiger charge is 2.45. The summed E-state index contributed by atoms with van der Waals surface area (Å²) in [5.41, 5.74) is 0. The molecule has 118 valence electrons. The van der Waals surface area contributed by atoms with Crippen molar-refractivity contribution in [2.75, 3.05) is 0 Å². The second-order valence-electron chi connectivity index (χ2n) is 6.12. The Bertz CT molecular complexity index is 527. The molecule has 4 unspecified atom stereocenters. The maximum Gasteiger partial charge on any atom is 0.321 e. The van der Waals surface area contributed by atoms with Crippen LogP contribution in [0.3, 0.4) is 0 Å². The minimum Gasteiger partial charge on any atom is -0.393 e. The molecule has 4 rings (SSSR count). The van der Waals surface area contributed by atoms with Crippen LogP contribution in [-0.2, 0) is 28.7 Å². The molecule has 2 saturated heterocycles. The summed E-state index contributed by atoms with van der Waals surface area (Å²) in [5.74, 6) is -1.98. The Morgan fingerprint density at radius 1 is 0.727 bits per heavy atom. The average Bonchev–Trinajstić information content (AvgIpc) is 2.99. The van der Waals surface area contributed by atoms with Gasteiger partial charge in [0.2, 0.25) is 0 Å². The number of esters is 4. The van der Waals surface area contributed by atoms with Gasteiger partial charge in [0.15, 0.2) is 0 Å². The lowest BCUT2D eigenvalue weighted by Crippen LogP contribution is -2.21. The number of allylic oxidation sites excluding steroid dienone is 1. The Morgan fingerprint density at radius 2 is 1.27 bits per heavy atom. The summed E-state index contributed by atoms with van der Waals surface area (Å²) >= 11 is 0. The Kier molecular flexibility index (Phi) is 4.09. The zero-order valence-corrected chi connectivity index (χ0v) is 12.2. The van der Waals surface area contributed by atoms with E-state index in [1.54, 1.807) is 6.08 Å². The van der Waals surface area contributed by atoms with Crippen LogP contribution in [0.1, 0.15) is 38.5 Å². The van der Waals surface area contributed by atoms with Gasteiger partial charge in [-0.1, -0.05) is 25.0 Å². The van der Waals surface area contributed by atoms with Crippen molar-refractivity contribution in [3.8, 4) is 0 Å². The molecule has 2 aliphatic carbocycles. The van der Waals surface area contributed by atoms with E-state index in [9.17, 15) is 19.2 Å². The van der Waals surface area contributed by atoms with Crippen molar-refractivity contribution in [2.45, 2.75) is 38.5 Å². The molecule has 0 N–H and O–H groups in total. The highest BCUT2D eigenvalue weighted by atomic mass is 16.6. The van der Waals surface area contributed by atoms with Crippen LogP contribution >= 0.6 is 0 Å². The summed E-state index contributed by atoms with van der Waals surface area (Å²) in [6.45, 7) is 0. The fourth-order valence-corrected chi connectivity index (χ4v) is 3.53. The lowest BCUT2D eigenvalue weighted by molar-refractivity contribution is -0.155. The lowest BCUT2D eigenvalue weighted by Gasteiger charge is -2.18. The minimum absolute atomic E-state index is 0.101. The van der Waals surface area contributed by atoms with Crippen molar-refractivity contribution < 1.29 is 28.7 Å². The van der Waals surface area contributed by atoms with Crippen molar-refractivity contribution in [1.82, 2.24) is 0 Å². The maximum atomic E-state index is 11.0. The van der Waals surface area contributed by atoms with Gasteiger partial charge in [0, 0.05) is 0 Å². The van der Waals surface area contributed by atoms with E-state index in [0.29, 0.717) is 0 Å². The third-order valence-electron chi connectivity index (χ3n) is 4.77. The molecule has 0 radical (unpaired) electrons. The Labute approximate surface area is 127 Å². The predicted molar refractivity (Wildman–Crippen MR) is 73.0 cm³/mol. The topological polar surface area (TPSA) is 86.7 Å². The highest BCUT2D eigenvalue weighted by Crippen LogP contribution is 2.36. The largest absolute Gasteiger partial charge is 0.393 e. The van der Waals surface area contributed by atoms with E-state index in [0.717, 1.165) is 38.5 Å². The number of carbonyl (C=O) groups excluding carboxylic acids is 4. The van der Waals surface area contributed by atoms with Gasteiger partial charge in [0.05, 0.1) is 23.7 Å². The number of carbonyl (C=O) groups is 4. The van der Waals surface area contributed by atoms with Crippen LogP contribution in [0.2, 0.25) is 0 Å². The number of rotatable bonds is 0. The van der Waals surface area contributed by atoms with Gasteiger partial charge in [0.1, 0.15) is 0 Å². The van der Waals surface area contributed by atoms with Crippen LogP contribution in [-0.4, -0.2) is 23.9 Å². The average molecular weight is 306 g/mol. The maximum absolute atomic E-state index is 11.0. The Hall–Kier alpha value is -1.98. The van der Waals surface area contributed by atoms with Crippen molar-refractivity contribution in [2.24, 2.45) is 23.7 Å². The molecule has 6 heteroatoms. The molecule has 2 heterocycles. The van der Waals surface area contributed by atoms with Crippen molar-refractivity contribution in [3.05, 3.63) is 12.2 Å². The van der Waals surface area contributed by atoms with Crippen LogP contribution in [0.15, 0.2) is 12.2 Å². The van der Waals surface area contributed by atoms with Gasteiger partial charge in [-0.2, -0.15) is 0 Å². The van der Waals surface area contributed by atoms with Crippen LogP contribution in [0.5, 0.6) is 0 Å². The second-order valence-corrected chi connectivity index (χ2v) is 6.12. The van der Waals surface area contributed by atoms with E-state index in [1.165, 1.54) is 0 Å². The first-order valence-electron chi connectivity index (χ1n) is 7.75. The zero-order chi connectivity index (χ0) is 15.7. The van der Waals surface area contributed by atoms with E-state index in [2.05, 4.69) is 9.47 Å². The number of ether oxygens (including phenoxy) is 2. The van der Waals surface area contributed by atoms with E-state index >= 15 is 0 Å². The summed E-state index contributed by atoms with van der Waals surface area (Å²) in [7, 11) is 0. The third kappa shape index (κ3) is 2.69. The molecule has 4 atom stereocenters. The van der Waals surface area contributed by atoms with Crippen molar-refractivity contribution >= 4 is 23.9 Å². The molecule has 0 bridgehead atoms. The fraction of sp³-hybridized carbons (Fsp3) is 0.625. The number of cyclic esters (lactones) is 4. The van der Waals surface area contributed by atoms with Gasteiger partial charge in [0.25, 0.3) is 0 Å². The van der Waals surface area contributed by atoms with Crippen molar-refractivity contribution in [1.29, 1.82) is 0 Å². The Balaban J connectivity index is 0.000000131. The zero-order valence-electron chi connectivity index (χ0n) is 12.2. The lowest BCUT2D eigenvalue weighted by atomic mass is 9.81. The normalized spacial score (nSPS) is 36.0. The van der Waals surface area contributed by atoms with Crippen LogP contribution in [0.4, 0.5) is 0 Å². The molecule has 0 aromatic rings. The first-order valence-corrected chi connectivity index (χ1v) is 7.75.